The standard InChI is InChI=1S/C15H17NO2/c1-11-7-5-6-8-12(11)9-13(10-16)14(17)18-15(2,3)4/h5-9H,1-4H3. The van der Waals surface area contributed by atoms with Gasteiger partial charge in [0.2, 0.25) is 0 Å². The van der Waals surface area contributed by atoms with E-state index in [1.54, 1.807) is 26.8 Å². The van der Waals surface area contributed by atoms with Crippen molar-refractivity contribution in [2.45, 2.75) is 33.3 Å². The molecular weight excluding hydrogens is 226 g/mol. The quantitative estimate of drug-likeness (QED) is 0.455. The lowest BCUT2D eigenvalue weighted by Crippen LogP contribution is -2.24. The first-order valence-corrected chi connectivity index (χ1v) is 5.74. The fourth-order valence-corrected chi connectivity index (χ4v) is 1.37. The predicted octanol–water partition coefficient (Wildman–Crippen LogP) is 3.24. The molecule has 0 aliphatic carbocycles. The van der Waals surface area contributed by atoms with Gasteiger partial charge in [0.1, 0.15) is 17.2 Å². The molecule has 0 unspecified atom stereocenters. The van der Waals surface area contributed by atoms with Gasteiger partial charge in [0.05, 0.1) is 0 Å². The maximum Gasteiger partial charge on any atom is 0.349 e. The fourth-order valence-electron chi connectivity index (χ4n) is 1.37. The van der Waals surface area contributed by atoms with Crippen molar-refractivity contribution in [3.05, 3.63) is 41.0 Å². The predicted molar refractivity (Wildman–Crippen MR) is 70.6 cm³/mol. The third kappa shape index (κ3) is 4.06. The topological polar surface area (TPSA) is 50.1 Å². The zero-order chi connectivity index (χ0) is 13.8. The molecule has 0 N–H and O–H groups in total. The van der Waals surface area contributed by atoms with E-state index in [1.165, 1.54) is 0 Å². The normalized spacial score (nSPS) is 11.8. The molecule has 0 aromatic heterocycles. The molecule has 0 atom stereocenters. The Morgan fingerprint density at radius 3 is 2.44 bits per heavy atom. The molecule has 0 radical (unpaired) electrons. The van der Waals surface area contributed by atoms with Crippen LogP contribution in [0.5, 0.6) is 0 Å². The summed E-state index contributed by atoms with van der Waals surface area (Å²) < 4.78 is 5.17. The summed E-state index contributed by atoms with van der Waals surface area (Å²) in [7, 11) is 0. The average Bonchev–Trinajstić information content (AvgIpc) is 2.25. The summed E-state index contributed by atoms with van der Waals surface area (Å²) in [5.41, 5.74) is 1.27. The van der Waals surface area contributed by atoms with Gasteiger partial charge in [-0.1, -0.05) is 24.3 Å². The van der Waals surface area contributed by atoms with Crippen LogP contribution in [0.4, 0.5) is 0 Å². The lowest BCUT2D eigenvalue weighted by Gasteiger charge is -2.19. The molecule has 0 aliphatic heterocycles. The zero-order valence-corrected chi connectivity index (χ0v) is 11.2. The van der Waals surface area contributed by atoms with Gasteiger partial charge in [-0.25, -0.2) is 4.79 Å². The van der Waals surface area contributed by atoms with E-state index in [0.29, 0.717) is 0 Å². The minimum atomic E-state index is -0.598. The van der Waals surface area contributed by atoms with E-state index in [1.807, 2.05) is 37.3 Å². The molecule has 0 saturated carbocycles. The van der Waals surface area contributed by atoms with Crippen molar-refractivity contribution in [3.63, 3.8) is 0 Å². The first kappa shape index (κ1) is 14.0. The Hall–Kier alpha value is -2.08. The van der Waals surface area contributed by atoms with E-state index < -0.39 is 11.6 Å². The Kier molecular flexibility index (Phi) is 4.28. The second kappa shape index (κ2) is 5.50. The largest absolute Gasteiger partial charge is 0.456 e. The Labute approximate surface area is 108 Å². The number of nitriles is 1. The summed E-state index contributed by atoms with van der Waals surface area (Å²) in [6, 6.07) is 9.44. The molecule has 0 fully saturated rings. The SMILES string of the molecule is Cc1ccccc1C=C(C#N)C(=O)OC(C)(C)C. The van der Waals surface area contributed by atoms with Crippen molar-refractivity contribution >= 4 is 12.0 Å². The smallest absolute Gasteiger partial charge is 0.349 e. The zero-order valence-electron chi connectivity index (χ0n) is 11.2. The van der Waals surface area contributed by atoms with Crippen molar-refractivity contribution in [2.75, 3.05) is 0 Å². The number of hydrogen-bond donors (Lipinski definition) is 0. The fraction of sp³-hybridized carbons (Fsp3) is 0.333. The van der Waals surface area contributed by atoms with E-state index in [9.17, 15) is 4.79 Å². The number of carbonyl (C=O) groups is 1. The van der Waals surface area contributed by atoms with Gasteiger partial charge in [-0.15, -0.1) is 0 Å². The molecule has 0 spiro atoms. The molecule has 3 heteroatoms. The van der Waals surface area contributed by atoms with Crippen molar-refractivity contribution in [2.24, 2.45) is 0 Å². The molecule has 0 heterocycles. The highest BCUT2D eigenvalue weighted by Crippen LogP contribution is 2.15. The number of rotatable bonds is 2. The molecule has 0 amide bonds. The van der Waals surface area contributed by atoms with Gasteiger partial charge in [-0.05, 0) is 44.9 Å². The van der Waals surface area contributed by atoms with E-state index in [4.69, 9.17) is 10.00 Å². The van der Waals surface area contributed by atoms with Crippen LogP contribution in [0.2, 0.25) is 0 Å². The summed E-state index contributed by atoms with van der Waals surface area (Å²) in [5, 5.41) is 9.03. The lowest BCUT2D eigenvalue weighted by atomic mass is 10.1. The molecule has 3 nitrogen and oxygen atoms in total. The number of hydrogen-bond acceptors (Lipinski definition) is 3. The van der Waals surface area contributed by atoms with Crippen molar-refractivity contribution < 1.29 is 9.53 Å². The van der Waals surface area contributed by atoms with Gasteiger partial charge in [-0.2, -0.15) is 5.26 Å². The van der Waals surface area contributed by atoms with Crippen LogP contribution in [0, 0.1) is 18.3 Å². The van der Waals surface area contributed by atoms with Gasteiger partial charge in [0.15, 0.2) is 0 Å². The van der Waals surface area contributed by atoms with E-state index in [2.05, 4.69) is 0 Å². The highest BCUT2D eigenvalue weighted by molar-refractivity contribution is 5.98. The Bertz CT molecular complexity index is 516. The number of aryl methyl sites for hydroxylation is 1. The molecule has 1 aromatic rings. The third-order valence-corrected chi connectivity index (χ3v) is 2.23. The number of benzene rings is 1. The second-order valence-corrected chi connectivity index (χ2v) is 5.03. The summed E-state index contributed by atoms with van der Waals surface area (Å²) in [6.45, 7) is 7.24. The van der Waals surface area contributed by atoms with Crippen LogP contribution < -0.4 is 0 Å². The second-order valence-electron chi connectivity index (χ2n) is 5.03. The highest BCUT2D eigenvalue weighted by Gasteiger charge is 2.19. The van der Waals surface area contributed by atoms with E-state index in [0.717, 1.165) is 11.1 Å². The molecule has 94 valence electrons. The molecule has 0 aliphatic rings. The van der Waals surface area contributed by atoms with Crippen molar-refractivity contribution in [1.82, 2.24) is 0 Å². The molecule has 18 heavy (non-hydrogen) atoms. The Morgan fingerprint density at radius 1 is 1.33 bits per heavy atom. The number of nitrogens with zero attached hydrogens (tertiary/aromatic N) is 1. The van der Waals surface area contributed by atoms with Crippen LogP contribution in [-0.2, 0) is 9.53 Å². The molecule has 0 saturated heterocycles. The molecule has 1 aromatic carbocycles. The van der Waals surface area contributed by atoms with Crippen LogP contribution >= 0.6 is 0 Å². The van der Waals surface area contributed by atoms with Crippen molar-refractivity contribution in [3.8, 4) is 6.07 Å². The molecule has 0 bridgehead atoms. The lowest BCUT2D eigenvalue weighted by molar-refractivity contribution is -0.149. The van der Waals surface area contributed by atoms with E-state index in [-0.39, 0.29) is 5.57 Å². The van der Waals surface area contributed by atoms with Crippen LogP contribution in [0.1, 0.15) is 31.9 Å². The monoisotopic (exact) mass is 243 g/mol. The van der Waals surface area contributed by atoms with Gasteiger partial charge in [0, 0.05) is 0 Å². The van der Waals surface area contributed by atoms with Gasteiger partial charge >= 0.3 is 5.97 Å². The number of carbonyl (C=O) groups excluding carboxylic acids is 1. The van der Waals surface area contributed by atoms with Crippen LogP contribution in [0.15, 0.2) is 29.8 Å². The summed E-state index contributed by atoms with van der Waals surface area (Å²) in [6.07, 6.45) is 1.56. The van der Waals surface area contributed by atoms with Gasteiger partial charge in [-0.3, -0.25) is 0 Å². The summed E-state index contributed by atoms with van der Waals surface area (Å²) in [4.78, 5) is 11.8. The first-order chi connectivity index (χ1) is 8.33. The van der Waals surface area contributed by atoms with Crippen molar-refractivity contribution in [1.29, 1.82) is 5.26 Å². The molecular formula is C15H17NO2. The molecule has 1 rings (SSSR count). The first-order valence-electron chi connectivity index (χ1n) is 5.74. The highest BCUT2D eigenvalue weighted by atomic mass is 16.6. The Morgan fingerprint density at radius 2 is 1.94 bits per heavy atom. The Balaban J connectivity index is 3.02. The van der Waals surface area contributed by atoms with Crippen LogP contribution in [-0.4, -0.2) is 11.6 Å². The summed E-state index contributed by atoms with van der Waals surface area (Å²) >= 11 is 0. The number of esters is 1. The minimum Gasteiger partial charge on any atom is -0.456 e. The van der Waals surface area contributed by atoms with Crippen LogP contribution in [0.3, 0.4) is 0 Å². The maximum atomic E-state index is 11.8. The minimum absolute atomic E-state index is 0.0132. The maximum absolute atomic E-state index is 11.8. The summed E-state index contributed by atoms with van der Waals surface area (Å²) in [5.74, 6) is -0.590. The average molecular weight is 243 g/mol. The third-order valence-electron chi connectivity index (χ3n) is 2.23. The van der Waals surface area contributed by atoms with E-state index >= 15 is 0 Å². The van der Waals surface area contributed by atoms with Gasteiger partial charge < -0.3 is 4.74 Å². The number of ether oxygens (including phenoxy) is 1. The van der Waals surface area contributed by atoms with Gasteiger partial charge in [0.25, 0.3) is 0 Å². The van der Waals surface area contributed by atoms with Crippen LogP contribution in [0.25, 0.3) is 6.08 Å².